The number of carbonyl (C=O) groups excluding carboxylic acids is 2. The van der Waals surface area contributed by atoms with Gasteiger partial charge in [-0.15, -0.1) is 0 Å². The summed E-state index contributed by atoms with van der Waals surface area (Å²) in [4.78, 5) is 34.3. The van der Waals surface area contributed by atoms with Gasteiger partial charge in [0.15, 0.2) is 0 Å². The summed E-state index contributed by atoms with van der Waals surface area (Å²) in [5, 5.41) is 9.27. The quantitative estimate of drug-likeness (QED) is 0.715. The van der Waals surface area contributed by atoms with Crippen LogP contribution < -0.4 is 0 Å². The van der Waals surface area contributed by atoms with E-state index in [1.807, 2.05) is 4.90 Å². The molecule has 4 fully saturated rings. The van der Waals surface area contributed by atoms with E-state index in [0.717, 1.165) is 90.9 Å². The summed E-state index contributed by atoms with van der Waals surface area (Å²) < 4.78 is 0. The minimum absolute atomic E-state index is 0.0511. The Balaban J connectivity index is 1.28. The first-order chi connectivity index (χ1) is 13.5. The molecule has 7 nitrogen and oxygen atoms in total. The van der Waals surface area contributed by atoms with Gasteiger partial charge in [0.25, 0.3) is 0 Å². The van der Waals surface area contributed by atoms with Gasteiger partial charge in [0.2, 0.25) is 11.8 Å². The van der Waals surface area contributed by atoms with Gasteiger partial charge < -0.3 is 14.7 Å². The van der Waals surface area contributed by atoms with Crippen molar-refractivity contribution in [1.82, 2.24) is 19.6 Å². The fourth-order valence-corrected chi connectivity index (χ4v) is 5.06. The zero-order chi connectivity index (χ0) is 19.7. The molecule has 0 spiro atoms. The van der Waals surface area contributed by atoms with E-state index in [1.165, 1.54) is 0 Å². The molecule has 154 valence electrons. The molecule has 0 aromatic rings. The number of amides is 2. The van der Waals surface area contributed by atoms with Crippen LogP contribution in [0.3, 0.4) is 0 Å². The molecule has 3 heterocycles. The van der Waals surface area contributed by atoms with Crippen LogP contribution in [0.15, 0.2) is 0 Å². The predicted octanol–water partition coefficient (Wildman–Crippen LogP) is 0.767. The van der Waals surface area contributed by atoms with Gasteiger partial charge >= 0.3 is 0 Å². The lowest BCUT2D eigenvalue weighted by atomic mass is 9.92. The maximum Gasteiger partial charge on any atom is 0.243 e. The van der Waals surface area contributed by atoms with Gasteiger partial charge in [0.05, 0.1) is 12.0 Å². The summed E-state index contributed by atoms with van der Waals surface area (Å²) in [6.07, 6.45) is 5.46. The molecular formula is C21H33N5O2. The number of nitrogens with zero attached hydrogens (tertiary/aromatic N) is 5. The number of piperazine rings is 1. The maximum absolute atomic E-state index is 13.0. The largest absolute Gasteiger partial charge is 0.341 e. The van der Waals surface area contributed by atoms with Crippen LogP contribution in [-0.2, 0) is 9.59 Å². The highest BCUT2D eigenvalue weighted by molar-refractivity contribution is 5.88. The molecule has 0 aromatic carbocycles. The Morgan fingerprint density at radius 1 is 0.929 bits per heavy atom. The van der Waals surface area contributed by atoms with Crippen LogP contribution in [0, 0.1) is 22.7 Å². The van der Waals surface area contributed by atoms with Gasteiger partial charge in [-0.2, -0.15) is 5.26 Å². The third-order valence-corrected chi connectivity index (χ3v) is 7.26. The van der Waals surface area contributed by atoms with E-state index in [-0.39, 0.29) is 11.8 Å². The van der Waals surface area contributed by atoms with Crippen molar-refractivity contribution in [1.29, 1.82) is 5.26 Å². The van der Waals surface area contributed by atoms with Crippen LogP contribution in [0.1, 0.15) is 38.5 Å². The van der Waals surface area contributed by atoms with E-state index in [1.54, 1.807) is 0 Å². The minimum Gasteiger partial charge on any atom is -0.341 e. The van der Waals surface area contributed by atoms with Crippen molar-refractivity contribution in [3.05, 3.63) is 0 Å². The van der Waals surface area contributed by atoms with Crippen molar-refractivity contribution in [3.8, 4) is 6.07 Å². The van der Waals surface area contributed by atoms with Crippen LogP contribution in [-0.4, -0.2) is 96.9 Å². The van der Waals surface area contributed by atoms with E-state index >= 15 is 0 Å². The third kappa shape index (κ3) is 3.90. The second-order valence-corrected chi connectivity index (χ2v) is 9.18. The Kier molecular flexibility index (Phi) is 5.62. The molecule has 1 saturated carbocycles. The van der Waals surface area contributed by atoms with E-state index < -0.39 is 5.41 Å². The normalized spacial score (nSPS) is 29.4. The van der Waals surface area contributed by atoms with Gasteiger partial charge in [-0.3, -0.25) is 14.5 Å². The zero-order valence-electron chi connectivity index (χ0n) is 17.1. The van der Waals surface area contributed by atoms with E-state index in [9.17, 15) is 14.9 Å². The van der Waals surface area contributed by atoms with Gasteiger partial charge in [-0.25, -0.2) is 0 Å². The Morgan fingerprint density at radius 3 is 2.21 bits per heavy atom. The predicted molar refractivity (Wildman–Crippen MR) is 105 cm³/mol. The molecule has 4 aliphatic rings. The smallest absolute Gasteiger partial charge is 0.243 e. The van der Waals surface area contributed by atoms with Crippen LogP contribution >= 0.6 is 0 Å². The minimum atomic E-state index is -0.696. The molecule has 4 rings (SSSR count). The number of nitriles is 1. The molecule has 3 saturated heterocycles. The lowest BCUT2D eigenvalue weighted by Crippen LogP contribution is -2.54. The summed E-state index contributed by atoms with van der Waals surface area (Å²) >= 11 is 0. The first-order valence-electron chi connectivity index (χ1n) is 10.9. The number of hydrogen-bond donors (Lipinski definition) is 0. The summed E-state index contributed by atoms with van der Waals surface area (Å²) in [6.45, 7) is 7.08. The van der Waals surface area contributed by atoms with Crippen molar-refractivity contribution in [2.75, 3.05) is 59.4 Å². The highest BCUT2D eigenvalue weighted by Crippen LogP contribution is 2.46. The molecule has 1 atom stereocenters. The average Bonchev–Trinajstić information content (AvgIpc) is 3.55. The van der Waals surface area contributed by atoms with Gasteiger partial charge in [0, 0.05) is 51.9 Å². The van der Waals surface area contributed by atoms with Crippen molar-refractivity contribution < 1.29 is 9.59 Å². The van der Waals surface area contributed by atoms with Crippen LogP contribution in [0.25, 0.3) is 0 Å². The van der Waals surface area contributed by atoms with Gasteiger partial charge in [0.1, 0.15) is 5.41 Å². The number of piperidine rings is 2. The Labute approximate surface area is 168 Å². The Morgan fingerprint density at radius 2 is 1.61 bits per heavy atom. The molecule has 0 unspecified atom stereocenters. The molecule has 0 N–H and O–H groups in total. The highest BCUT2D eigenvalue weighted by Gasteiger charge is 2.53. The second kappa shape index (κ2) is 8.00. The van der Waals surface area contributed by atoms with E-state index in [2.05, 4.69) is 27.8 Å². The topological polar surface area (TPSA) is 70.9 Å². The van der Waals surface area contributed by atoms with Crippen molar-refractivity contribution in [3.63, 3.8) is 0 Å². The molecular weight excluding hydrogens is 354 g/mol. The summed E-state index contributed by atoms with van der Waals surface area (Å²) in [7, 11) is 2.11. The summed E-state index contributed by atoms with van der Waals surface area (Å²) in [5.41, 5.74) is -0.696. The fraction of sp³-hybridized carbons (Fsp3) is 0.857. The average molecular weight is 388 g/mol. The van der Waals surface area contributed by atoms with Crippen LogP contribution in [0.5, 0.6) is 0 Å². The monoisotopic (exact) mass is 387 g/mol. The van der Waals surface area contributed by atoms with E-state index in [4.69, 9.17) is 0 Å². The lowest BCUT2D eigenvalue weighted by Gasteiger charge is -2.43. The molecule has 0 bridgehead atoms. The SMILES string of the molecule is CN1CCN(C(=O)[C@@H]2CCCN(C3CCN(C(=O)C4(C#N)CC4)CC3)C2)CC1. The molecule has 0 radical (unpaired) electrons. The van der Waals surface area contributed by atoms with Crippen LogP contribution in [0.4, 0.5) is 0 Å². The van der Waals surface area contributed by atoms with Gasteiger partial charge in [-0.05, 0) is 52.1 Å². The first-order valence-corrected chi connectivity index (χ1v) is 10.9. The molecule has 28 heavy (non-hydrogen) atoms. The number of rotatable bonds is 3. The summed E-state index contributed by atoms with van der Waals surface area (Å²) in [6, 6.07) is 2.69. The molecule has 7 heteroatoms. The Hall–Kier alpha value is -1.65. The molecule has 0 aromatic heterocycles. The second-order valence-electron chi connectivity index (χ2n) is 9.18. The van der Waals surface area contributed by atoms with Gasteiger partial charge in [-0.1, -0.05) is 0 Å². The number of hydrogen-bond acceptors (Lipinski definition) is 5. The van der Waals surface area contributed by atoms with Crippen molar-refractivity contribution >= 4 is 11.8 Å². The molecule has 1 aliphatic carbocycles. The zero-order valence-corrected chi connectivity index (χ0v) is 17.1. The highest BCUT2D eigenvalue weighted by atomic mass is 16.2. The Bertz CT molecular complexity index is 640. The fourth-order valence-electron chi connectivity index (χ4n) is 5.06. The number of likely N-dealkylation sites (N-methyl/N-ethyl adjacent to an activating group) is 1. The first kappa shape index (κ1) is 19.7. The van der Waals surface area contributed by atoms with Crippen molar-refractivity contribution in [2.45, 2.75) is 44.6 Å². The van der Waals surface area contributed by atoms with E-state index in [0.29, 0.717) is 11.9 Å². The third-order valence-electron chi connectivity index (χ3n) is 7.26. The maximum atomic E-state index is 13.0. The lowest BCUT2D eigenvalue weighted by molar-refractivity contribution is -0.139. The summed E-state index contributed by atoms with van der Waals surface area (Å²) in [5.74, 6) is 0.524. The van der Waals surface area contributed by atoms with Crippen molar-refractivity contribution in [2.24, 2.45) is 11.3 Å². The number of likely N-dealkylation sites (tertiary alicyclic amines) is 2. The number of carbonyl (C=O) groups is 2. The standard InChI is InChI=1S/C21H33N5O2/c1-23-11-13-24(14-12-23)19(27)17-3-2-8-26(15-17)18-4-9-25(10-5-18)20(28)21(16-22)6-7-21/h17-18H,2-15H2,1H3/t17-/m1/s1. The molecule has 2 amide bonds. The molecule has 3 aliphatic heterocycles. The van der Waals surface area contributed by atoms with Crippen LogP contribution in [0.2, 0.25) is 0 Å².